The molecule has 3 N–H and O–H groups in total. The van der Waals surface area contributed by atoms with Gasteiger partial charge in [-0.05, 0) is 18.9 Å². The van der Waals surface area contributed by atoms with E-state index in [9.17, 15) is 13.2 Å². The van der Waals surface area contributed by atoms with Crippen molar-refractivity contribution in [2.75, 3.05) is 23.9 Å². The van der Waals surface area contributed by atoms with Crippen LogP contribution in [0.25, 0.3) is 0 Å². The molecule has 1 aromatic rings. The summed E-state index contributed by atoms with van der Waals surface area (Å²) in [4.78, 5) is 15.1. The van der Waals surface area contributed by atoms with Gasteiger partial charge in [-0.15, -0.1) is 0 Å². The Hall–Kier alpha value is -1.63. The van der Waals surface area contributed by atoms with Crippen LogP contribution < -0.4 is 11.1 Å². The van der Waals surface area contributed by atoms with Gasteiger partial charge in [-0.2, -0.15) is 0 Å². The van der Waals surface area contributed by atoms with E-state index in [-0.39, 0.29) is 11.2 Å². The second kappa shape index (κ2) is 4.80. The van der Waals surface area contributed by atoms with Gasteiger partial charge in [0.15, 0.2) is 0 Å². The highest BCUT2D eigenvalue weighted by Crippen LogP contribution is 2.46. The summed E-state index contributed by atoms with van der Waals surface area (Å²) in [5, 5.41) is 3.11. The number of pyridine rings is 1. The van der Waals surface area contributed by atoms with E-state index in [4.69, 9.17) is 5.73 Å². The molecule has 0 saturated heterocycles. The molecule has 0 aliphatic heterocycles. The Balaban J connectivity index is 2.06. The third-order valence-corrected chi connectivity index (χ3v) is 4.40. The molecular formula is C12H17N3O3S. The lowest BCUT2D eigenvalue weighted by Gasteiger charge is -2.16. The number of amides is 1. The lowest BCUT2D eigenvalue weighted by molar-refractivity contribution is 0.100. The van der Waals surface area contributed by atoms with Gasteiger partial charge in [0.25, 0.3) is 5.91 Å². The number of hydrogen-bond donors (Lipinski definition) is 2. The van der Waals surface area contributed by atoms with Gasteiger partial charge in [0.1, 0.15) is 9.84 Å². The largest absolute Gasteiger partial charge is 0.384 e. The first-order chi connectivity index (χ1) is 8.81. The van der Waals surface area contributed by atoms with E-state index >= 15 is 0 Å². The molecule has 1 saturated carbocycles. The third kappa shape index (κ3) is 3.66. The van der Waals surface area contributed by atoms with E-state index in [0.29, 0.717) is 17.8 Å². The molecule has 104 valence electrons. The minimum atomic E-state index is -2.99. The smallest absolute Gasteiger partial charge is 0.252 e. The number of carbonyl (C=O) groups is 1. The SMILES string of the molecule is CS(=O)(=O)CC1(CNc2ccncc2C(N)=O)CC1. The molecule has 0 atom stereocenters. The number of aromatic nitrogens is 1. The molecule has 1 aliphatic rings. The van der Waals surface area contributed by atoms with Crippen LogP contribution >= 0.6 is 0 Å². The van der Waals surface area contributed by atoms with E-state index < -0.39 is 15.7 Å². The number of hydrogen-bond acceptors (Lipinski definition) is 5. The van der Waals surface area contributed by atoms with Crippen LogP contribution in [0.3, 0.4) is 0 Å². The summed E-state index contributed by atoms with van der Waals surface area (Å²) in [6, 6.07) is 1.66. The van der Waals surface area contributed by atoms with Crippen LogP contribution in [0.15, 0.2) is 18.5 Å². The zero-order valence-corrected chi connectivity index (χ0v) is 11.5. The summed E-state index contributed by atoms with van der Waals surface area (Å²) < 4.78 is 22.7. The molecule has 6 nitrogen and oxygen atoms in total. The molecule has 7 heteroatoms. The fourth-order valence-corrected chi connectivity index (χ4v) is 3.64. The minimum absolute atomic E-state index is 0.171. The number of nitrogens with zero attached hydrogens (tertiary/aromatic N) is 1. The second-order valence-electron chi connectivity index (χ2n) is 5.21. The van der Waals surface area contributed by atoms with Gasteiger partial charge in [0.2, 0.25) is 0 Å². The molecule has 0 aromatic carbocycles. The normalized spacial score (nSPS) is 16.9. The van der Waals surface area contributed by atoms with Crippen LogP contribution in [0.4, 0.5) is 5.69 Å². The maximum atomic E-state index is 11.4. The number of nitrogens with two attached hydrogens (primary N) is 1. The van der Waals surface area contributed by atoms with E-state index in [0.717, 1.165) is 12.8 Å². The molecule has 1 heterocycles. The second-order valence-corrected chi connectivity index (χ2v) is 7.35. The molecule has 1 fully saturated rings. The van der Waals surface area contributed by atoms with E-state index in [1.165, 1.54) is 12.5 Å². The first kappa shape index (κ1) is 13.8. The number of rotatable bonds is 6. The highest BCUT2D eigenvalue weighted by atomic mass is 32.2. The first-order valence-electron chi connectivity index (χ1n) is 5.97. The Labute approximate surface area is 112 Å². The van der Waals surface area contributed by atoms with Crippen LogP contribution in [0.2, 0.25) is 0 Å². The summed E-state index contributed by atoms with van der Waals surface area (Å²) in [5.41, 5.74) is 5.97. The highest BCUT2D eigenvalue weighted by Gasteiger charge is 2.45. The number of anilines is 1. The van der Waals surface area contributed by atoms with E-state index in [2.05, 4.69) is 10.3 Å². The molecule has 1 amide bonds. The van der Waals surface area contributed by atoms with Crippen molar-refractivity contribution >= 4 is 21.4 Å². The van der Waals surface area contributed by atoms with Crippen LogP contribution in [0.1, 0.15) is 23.2 Å². The lowest BCUT2D eigenvalue weighted by atomic mass is 10.1. The quantitative estimate of drug-likeness (QED) is 0.787. The van der Waals surface area contributed by atoms with Gasteiger partial charge in [0, 0.05) is 30.6 Å². The molecule has 2 rings (SSSR count). The van der Waals surface area contributed by atoms with Crippen molar-refractivity contribution < 1.29 is 13.2 Å². The summed E-state index contributed by atoms with van der Waals surface area (Å²) in [6.07, 6.45) is 5.97. The fraction of sp³-hybridized carbons (Fsp3) is 0.500. The molecular weight excluding hydrogens is 266 g/mol. The van der Waals surface area contributed by atoms with Crippen LogP contribution in [-0.2, 0) is 9.84 Å². The van der Waals surface area contributed by atoms with Gasteiger partial charge in [0.05, 0.1) is 17.0 Å². The van der Waals surface area contributed by atoms with Crippen molar-refractivity contribution in [1.82, 2.24) is 4.98 Å². The number of primary amides is 1. The average molecular weight is 283 g/mol. The van der Waals surface area contributed by atoms with Crippen molar-refractivity contribution in [1.29, 1.82) is 0 Å². The highest BCUT2D eigenvalue weighted by molar-refractivity contribution is 7.90. The van der Waals surface area contributed by atoms with Crippen molar-refractivity contribution in [3.8, 4) is 0 Å². The van der Waals surface area contributed by atoms with Crippen LogP contribution in [0.5, 0.6) is 0 Å². The molecule has 0 radical (unpaired) electrons. The molecule has 19 heavy (non-hydrogen) atoms. The number of sulfone groups is 1. The van der Waals surface area contributed by atoms with Gasteiger partial charge in [-0.1, -0.05) is 0 Å². The number of nitrogens with one attached hydrogen (secondary N) is 1. The predicted octanol–water partition coefficient (Wildman–Crippen LogP) is 0.417. The standard InChI is InChI=1S/C12H17N3O3S/c1-19(17,18)8-12(3-4-12)7-15-10-2-5-14-6-9(10)11(13)16/h2,5-6H,3-4,7-8H2,1H3,(H2,13,16)(H,14,15). The monoisotopic (exact) mass is 283 g/mol. The van der Waals surface area contributed by atoms with E-state index in [1.807, 2.05) is 0 Å². The van der Waals surface area contributed by atoms with Crippen molar-refractivity contribution in [3.63, 3.8) is 0 Å². The summed E-state index contributed by atoms with van der Waals surface area (Å²) in [6.45, 7) is 0.518. The Morgan fingerprint density at radius 2 is 2.21 bits per heavy atom. The Bertz CT molecular complexity index is 594. The Morgan fingerprint density at radius 3 is 2.74 bits per heavy atom. The molecule has 1 aromatic heterocycles. The van der Waals surface area contributed by atoms with Gasteiger partial charge in [-0.25, -0.2) is 8.42 Å². The van der Waals surface area contributed by atoms with Crippen LogP contribution in [0, 0.1) is 5.41 Å². The van der Waals surface area contributed by atoms with Crippen molar-refractivity contribution in [2.45, 2.75) is 12.8 Å². The number of carbonyl (C=O) groups excluding carboxylic acids is 1. The molecule has 1 aliphatic carbocycles. The molecule has 0 unspecified atom stereocenters. The van der Waals surface area contributed by atoms with Crippen molar-refractivity contribution in [2.24, 2.45) is 11.1 Å². The molecule has 0 bridgehead atoms. The van der Waals surface area contributed by atoms with Gasteiger partial charge >= 0.3 is 0 Å². The average Bonchev–Trinajstić information content (AvgIpc) is 3.04. The molecule has 0 spiro atoms. The topological polar surface area (TPSA) is 102 Å². The van der Waals surface area contributed by atoms with Crippen molar-refractivity contribution in [3.05, 3.63) is 24.0 Å². The Morgan fingerprint density at radius 1 is 1.53 bits per heavy atom. The zero-order chi connectivity index (χ0) is 14.1. The fourth-order valence-electron chi connectivity index (χ4n) is 2.13. The van der Waals surface area contributed by atoms with E-state index in [1.54, 1.807) is 12.3 Å². The maximum absolute atomic E-state index is 11.4. The minimum Gasteiger partial charge on any atom is -0.384 e. The Kier molecular flexibility index (Phi) is 3.49. The first-order valence-corrected chi connectivity index (χ1v) is 8.03. The summed E-state index contributed by atoms with van der Waals surface area (Å²) >= 11 is 0. The lowest BCUT2D eigenvalue weighted by Crippen LogP contribution is -2.25. The van der Waals surface area contributed by atoms with Gasteiger partial charge in [-0.3, -0.25) is 9.78 Å². The van der Waals surface area contributed by atoms with Gasteiger partial charge < -0.3 is 11.1 Å². The van der Waals surface area contributed by atoms with Crippen LogP contribution in [-0.4, -0.2) is 37.9 Å². The maximum Gasteiger partial charge on any atom is 0.252 e. The zero-order valence-electron chi connectivity index (χ0n) is 10.7. The predicted molar refractivity (Wildman–Crippen MR) is 72.6 cm³/mol. The summed E-state index contributed by atoms with van der Waals surface area (Å²) in [5.74, 6) is -0.382. The third-order valence-electron chi connectivity index (χ3n) is 3.27. The summed E-state index contributed by atoms with van der Waals surface area (Å²) in [7, 11) is -2.99.